The van der Waals surface area contributed by atoms with E-state index in [0.717, 1.165) is 28.9 Å². The number of fused-ring (bicyclic) bond motifs is 1. The Morgan fingerprint density at radius 1 is 1.23 bits per heavy atom. The van der Waals surface area contributed by atoms with Gasteiger partial charge in [0.15, 0.2) is 0 Å². The molecule has 1 aliphatic carbocycles. The number of hydrogen-bond acceptors (Lipinski definition) is 6. The third-order valence-corrected chi connectivity index (χ3v) is 7.84. The van der Waals surface area contributed by atoms with Gasteiger partial charge >= 0.3 is 0 Å². The van der Waals surface area contributed by atoms with E-state index in [1.165, 1.54) is 57.2 Å². The molecule has 0 radical (unpaired) electrons. The summed E-state index contributed by atoms with van der Waals surface area (Å²) in [7, 11) is 2.22. The van der Waals surface area contributed by atoms with Gasteiger partial charge in [-0.2, -0.15) is 0 Å². The second-order valence-corrected chi connectivity index (χ2v) is 10.5. The van der Waals surface area contributed by atoms with E-state index < -0.39 is 5.82 Å². The number of nitrogens with zero attached hydrogens (tertiary/aromatic N) is 4. The number of aromatic nitrogens is 2. The van der Waals surface area contributed by atoms with Crippen molar-refractivity contribution in [3.8, 4) is 5.75 Å². The van der Waals surface area contributed by atoms with Crippen molar-refractivity contribution in [2.75, 3.05) is 32.5 Å². The highest BCUT2D eigenvalue weighted by Crippen LogP contribution is 2.53. The Labute approximate surface area is 210 Å². The fourth-order valence-corrected chi connectivity index (χ4v) is 5.63. The second kappa shape index (κ2) is 10.1. The molecule has 1 aromatic heterocycles. The van der Waals surface area contributed by atoms with Crippen molar-refractivity contribution in [2.45, 2.75) is 38.5 Å². The van der Waals surface area contributed by atoms with E-state index in [1.54, 1.807) is 12.3 Å². The van der Waals surface area contributed by atoms with Crippen LogP contribution >= 0.6 is 11.6 Å². The van der Waals surface area contributed by atoms with E-state index in [-0.39, 0.29) is 5.02 Å². The Hall–Kier alpha value is -2.77. The van der Waals surface area contributed by atoms with Crippen LogP contribution < -0.4 is 10.5 Å². The first kappa shape index (κ1) is 23.9. The highest BCUT2D eigenvalue weighted by atomic mass is 35.5. The Bertz CT molecular complexity index is 1230. The molecule has 2 fully saturated rings. The molecular weight excluding hydrogens is 465 g/mol. The first-order valence-electron chi connectivity index (χ1n) is 12.2. The average molecular weight is 496 g/mol. The molecule has 3 aromatic rings. The summed E-state index contributed by atoms with van der Waals surface area (Å²) in [5.41, 5.74) is 9.67. The van der Waals surface area contributed by atoms with E-state index in [9.17, 15) is 4.39 Å². The Kier molecular flexibility index (Phi) is 6.89. The van der Waals surface area contributed by atoms with Gasteiger partial charge < -0.3 is 15.4 Å². The molecule has 35 heavy (non-hydrogen) atoms. The maximum Gasteiger partial charge on any atom is 0.144 e. The SMILES string of the molecule is CN1CCC2(CC1)CC(CCOc1cc3ncnc(C/C=N\c4ccc(F)c(Cl)c4)c3cc1N)C2. The van der Waals surface area contributed by atoms with Crippen LogP contribution in [0.4, 0.5) is 15.8 Å². The topological polar surface area (TPSA) is 76.6 Å². The minimum absolute atomic E-state index is 0.0473. The number of nitrogen functional groups attached to an aromatic ring is 1. The van der Waals surface area contributed by atoms with Gasteiger partial charge in [-0.15, -0.1) is 0 Å². The van der Waals surface area contributed by atoms with Gasteiger partial charge in [-0.1, -0.05) is 11.6 Å². The molecule has 1 saturated heterocycles. The van der Waals surface area contributed by atoms with E-state index in [4.69, 9.17) is 22.1 Å². The summed E-state index contributed by atoms with van der Waals surface area (Å²) in [4.78, 5) is 15.6. The van der Waals surface area contributed by atoms with Crippen LogP contribution in [-0.2, 0) is 6.42 Å². The van der Waals surface area contributed by atoms with Gasteiger partial charge in [0, 0.05) is 24.1 Å². The number of hydrogen-bond donors (Lipinski definition) is 1. The normalized spacial score (nSPS) is 18.4. The lowest BCUT2D eigenvalue weighted by molar-refractivity contribution is -0.0144. The molecule has 2 heterocycles. The summed E-state index contributed by atoms with van der Waals surface area (Å²) in [5.74, 6) is 0.962. The average Bonchev–Trinajstić information content (AvgIpc) is 2.82. The molecule has 6 nitrogen and oxygen atoms in total. The molecule has 5 rings (SSSR count). The van der Waals surface area contributed by atoms with E-state index >= 15 is 0 Å². The van der Waals surface area contributed by atoms with Crippen molar-refractivity contribution in [2.24, 2.45) is 16.3 Å². The van der Waals surface area contributed by atoms with Crippen molar-refractivity contribution < 1.29 is 9.13 Å². The highest BCUT2D eigenvalue weighted by molar-refractivity contribution is 6.31. The van der Waals surface area contributed by atoms with Crippen LogP contribution in [0.25, 0.3) is 10.9 Å². The number of aliphatic imine (C=N–C) groups is 1. The van der Waals surface area contributed by atoms with Crippen LogP contribution in [0.2, 0.25) is 5.02 Å². The minimum atomic E-state index is -0.463. The molecular formula is C27H31ClFN5O. The lowest BCUT2D eigenvalue weighted by atomic mass is 9.57. The van der Waals surface area contributed by atoms with Crippen molar-refractivity contribution >= 4 is 40.1 Å². The van der Waals surface area contributed by atoms with Gasteiger partial charge in [0.05, 0.1) is 34.2 Å². The van der Waals surface area contributed by atoms with Gasteiger partial charge in [-0.25, -0.2) is 14.4 Å². The zero-order valence-electron chi connectivity index (χ0n) is 20.0. The van der Waals surface area contributed by atoms with Crippen molar-refractivity contribution in [3.05, 3.63) is 53.2 Å². The number of ether oxygens (including phenoxy) is 1. The molecule has 8 heteroatoms. The Morgan fingerprint density at radius 3 is 2.80 bits per heavy atom. The quantitative estimate of drug-likeness (QED) is 0.329. The molecule has 2 N–H and O–H groups in total. The van der Waals surface area contributed by atoms with Crippen LogP contribution in [0.5, 0.6) is 5.75 Å². The predicted octanol–water partition coefficient (Wildman–Crippen LogP) is 5.84. The minimum Gasteiger partial charge on any atom is -0.491 e. The van der Waals surface area contributed by atoms with Gasteiger partial charge in [-0.05, 0) is 87.8 Å². The molecule has 0 bridgehead atoms. The predicted molar refractivity (Wildman–Crippen MR) is 139 cm³/mol. The lowest BCUT2D eigenvalue weighted by Gasteiger charge is -2.52. The summed E-state index contributed by atoms with van der Waals surface area (Å²) >= 11 is 5.83. The zero-order valence-corrected chi connectivity index (χ0v) is 20.8. The molecule has 0 amide bonds. The number of halogens is 2. The van der Waals surface area contributed by atoms with Crippen molar-refractivity contribution in [3.63, 3.8) is 0 Å². The summed E-state index contributed by atoms with van der Waals surface area (Å²) in [6, 6.07) is 8.14. The van der Waals surface area contributed by atoms with Crippen LogP contribution in [0, 0.1) is 17.2 Å². The smallest absolute Gasteiger partial charge is 0.144 e. The number of likely N-dealkylation sites (tertiary alicyclic amines) is 1. The number of anilines is 1. The summed E-state index contributed by atoms with van der Waals surface area (Å²) in [5, 5.41) is 0.912. The third kappa shape index (κ3) is 5.41. The molecule has 1 aliphatic heterocycles. The molecule has 2 aromatic carbocycles. The Morgan fingerprint density at radius 2 is 2.03 bits per heavy atom. The highest BCUT2D eigenvalue weighted by Gasteiger charge is 2.44. The lowest BCUT2D eigenvalue weighted by Crippen LogP contribution is -2.46. The first-order valence-corrected chi connectivity index (χ1v) is 12.6. The number of rotatable bonds is 7. The van der Waals surface area contributed by atoms with Crippen molar-refractivity contribution in [1.82, 2.24) is 14.9 Å². The molecule has 1 spiro atoms. The van der Waals surface area contributed by atoms with Gasteiger partial charge in [0.2, 0.25) is 0 Å². The van der Waals surface area contributed by atoms with Crippen LogP contribution in [0.3, 0.4) is 0 Å². The second-order valence-electron chi connectivity index (χ2n) is 10.1. The maximum atomic E-state index is 13.3. The summed E-state index contributed by atoms with van der Waals surface area (Å²) in [6.07, 6.45) is 10.1. The Balaban J connectivity index is 1.18. The molecule has 0 atom stereocenters. The van der Waals surface area contributed by atoms with Gasteiger partial charge in [-0.3, -0.25) is 4.99 Å². The largest absolute Gasteiger partial charge is 0.491 e. The number of nitrogens with two attached hydrogens (primary N) is 1. The van der Waals surface area contributed by atoms with Crippen LogP contribution in [0.1, 0.15) is 37.8 Å². The molecule has 184 valence electrons. The number of piperidine rings is 1. The van der Waals surface area contributed by atoms with Crippen LogP contribution in [0.15, 0.2) is 41.7 Å². The standard InChI is InChI=1S/C27H31ClFN5O/c1-34-9-6-27(7-10-34)15-18(16-27)5-11-35-26-14-25-20(13-23(26)30)24(32-17-33-25)4-8-31-19-2-3-22(29)21(28)12-19/h2-3,8,12-14,17-18H,4-7,9-11,15-16,30H2,1H3/b31-8-. The van der Waals surface area contributed by atoms with Gasteiger partial charge in [0.25, 0.3) is 0 Å². The van der Waals surface area contributed by atoms with E-state index in [2.05, 4.69) is 26.9 Å². The van der Waals surface area contributed by atoms with E-state index in [1.807, 2.05) is 12.1 Å². The van der Waals surface area contributed by atoms with Gasteiger partial charge in [0.1, 0.15) is 17.9 Å². The third-order valence-electron chi connectivity index (χ3n) is 7.55. The maximum absolute atomic E-state index is 13.3. The number of benzene rings is 2. The fraction of sp³-hybridized carbons (Fsp3) is 0.444. The summed E-state index contributed by atoms with van der Waals surface area (Å²) < 4.78 is 19.4. The zero-order chi connectivity index (χ0) is 24.4. The van der Waals surface area contributed by atoms with E-state index in [0.29, 0.717) is 35.6 Å². The fourth-order valence-electron chi connectivity index (χ4n) is 5.45. The first-order chi connectivity index (χ1) is 16.9. The molecule has 0 unspecified atom stereocenters. The van der Waals surface area contributed by atoms with Crippen LogP contribution in [-0.4, -0.2) is 47.8 Å². The monoisotopic (exact) mass is 495 g/mol. The summed E-state index contributed by atoms with van der Waals surface area (Å²) in [6.45, 7) is 3.13. The van der Waals surface area contributed by atoms with Crippen molar-refractivity contribution in [1.29, 1.82) is 0 Å². The molecule has 2 aliphatic rings. The molecule has 1 saturated carbocycles.